The number of halogens is 1. The number of phenolic OH excluding ortho intramolecular Hbond substituents is 1. The monoisotopic (exact) mass is 296 g/mol. The maximum atomic E-state index is 12.8. The molecule has 0 radical (unpaired) electrons. The summed E-state index contributed by atoms with van der Waals surface area (Å²) in [5.41, 5.74) is 0.0739. The Kier molecular flexibility index (Phi) is 5.52. The van der Waals surface area contributed by atoms with E-state index in [1.165, 1.54) is 6.07 Å². The van der Waals surface area contributed by atoms with Gasteiger partial charge in [0.25, 0.3) is 5.91 Å². The second-order valence-corrected chi connectivity index (χ2v) is 5.37. The molecule has 2 rings (SSSR count). The second kappa shape index (κ2) is 7.38. The maximum absolute atomic E-state index is 12.8. The van der Waals surface area contributed by atoms with E-state index in [1.807, 2.05) is 0 Å². The summed E-state index contributed by atoms with van der Waals surface area (Å²) in [7, 11) is 0. The number of phenols is 1. The number of hydrogen-bond acceptors (Lipinski definition) is 4. The van der Waals surface area contributed by atoms with Crippen LogP contribution in [0.5, 0.6) is 5.75 Å². The highest BCUT2D eigenvalue weighted by atomic mass is 19.1. The van der Waals surface area contributed by atoms with Gasteiger partial charge in [0.2, 0.25) is 0 Å². The number of benzene rings is 1. The molecule has 0 aromatic heterocycles. The number of aliphatic hydroxyl groups is 1. The second-order valence-electron chi connectivity index (χ2n) is 5.37. The highest BCUT2D eigenvalue weighted by molar-refractivity contribution is 5.96. The van der Waals surface area contributed by atoms with Crippen LogP contribution in [0.2, 0.25) is 0 Å². The van der Waals surface area contributed by atoms with Crippen molar-refractivity contribution in [3.05, 3.63) is 29.6 Å². The van der Waals surface area contributed by atoms with Gasteiger partial charge in [-0.05, 0) is 44.5 Å². The summed E-state index contributed by atoms with van der Waals surface area (Å²) in [5.74, 6) is -1.34. The number of aliphatic hydroxyl groups excluding tert-OH is 1. The lowest BCUT2D eigenvalue weighted by Crippen LogP contribution is -2.39. The summed E-state index contributed by atoms with van der Waals surface area (Å²) >= 11 is 0. The quantitative estimate of drug-likeness (QED) is 0.712. The summed E-state index contributed by atoms with van der Waals surface area (Å²) in [6.45, 7) is 2.95. The van der Waals surface area contributed by atoms with Gasteiger partial charge in [0.1, 0.15) is 11.6 Å². The summed E-state index contributed by atoms with van der Waals surface area (Å²) < 4.78 is 12.8. The molecule has 0 saturated carbocycles. The van der Waals surface area contributed by atoms with Crippen molar-refractivity contribution in [3.8, 4) is 5.75 Å². The third-order valence-corrected chi connectivity index (χ3v) is 3.62. The smallest absolute Gasteiger partial charge is 0.255 e. The Labute approximate surface area is 123 Å². The highest BCUT2D eigenvalue weighted by Crippen LogP contribution is 2.17. The molecule has 116 valence electrons. The largest absolute Gasteiger partial charge is 0.507 e. The molecule has 1 aliphatic rings. The van der Waals surface area contributed by atoms with Gasteiger partial charge >= 0.3 is 0 Å². The van der Waals surface area contributed by atoms with Crippen LogP contribution in [0.4, 0.5) is 4.39 Å². The van der Waals surface area contributed by atoms with Gasteiger partial charge in [-0.15, -0.1) is 0 Å². The molecule has 3 N–H and O–H groups in total. The van der Waals surface area contributed by atoms with Crippen molar-refractivity contribution >= 4 is 5.91 Å². The van der Waals surface area contributed by atoms with Crippen LogP contribution in [-0.4, -0.2) is 53.3 Å². The fraction of sp³-hybridized carbons (Fsp3) is 0.533. The minimum atomic E-state index is -0.576. The lowest BCUT2D eigenvalue weighted by Gasteiger charge is -2.29. The first-order valence-corrected chi connectivity index (χ1v) is 7.23. The first kappa shape index (κ1) is 15.7. The molecule has 1 aliphatic heterocycles. The van der Waals surface area contributed by atoms with Crippen molar-refractivity contribution in [1.82, 2.24) is 10.2 Å². The molecule has 1 atom stereocenters. The molecule has 0 bridgehead atoms. The van der Waals surface area contributed by atoms with E-state index in [-0.39, 0.29) is 17.4 Å². The zero-order chi connectivity index (χ0) is 15.2. The lowest BCUT2D eigenvalue weighted by molar-refractivity contribution is 0.0697. The molecule has 1 saturated heterocycles. The van der Waals surface area contributed by atoms with Gasteiger partial charge < -0.3 is 20.4 Å². The Morgan fingerprint density at radius 2 is 2.29 bits per heavy atom. The van der Waals surface area contributed by atoms with Gasteiger partial charge in [-0.3, -0.25) is 4.79 Å². The number of carbonyl (C=O) groups is 1. The number of likely N-dealkylation sites (tertiary alicyclic amines) is 1. The Balaban J connectivity index is 1.72. The lowest BCUT2D eigenvalue weighted by atomic mass is 10.1. The number of hydrogen-bond donors (Lipinski definition) is 3. The predicted molar refractivity (Wildman–Crippen MR) is 76.7 cm³/mol. The predicted octanol–water partition coefficient (Wildman–Crippen LogP) is 1.11. The Hall–Kier alpha value is -1.66. The summed E-state index contributed by atoms with van der Waals surface area (Å²) in [4.78, 5) is 14.0. The van der Waals surface area contributed by atoms with Gasteiger partial charge in [-0.25, -0.2) is 4.39 Å². The molecule has 5 nitrogen and oxygen atoms in total. The molecular weight excluding hydrogens is 275 g/mol. The Bertz CT molecular complexity index is 496. The fourth-order valence-electron chi connectivity index (χ4n) is 2.53. The minimum Gasteiger partial charge on any atom is -0.507 e. The van der Waals surface area contributed by atoms with Crippen LogP contribution >= 0.6 is 0 Å². The fourth-order valence-corrected chi connectivity index (χ4v) is 2.53. The van der Waals surface area contributed by atoms with Crippen molar-refractivity contribution in [2.24, 2.45) is 0 Å². The van der Waals surface area contributed by atoms with E-state index in [9.17, 15) is 19.4 Å². The molecule has 0 spiro atoms. The minimum absolute atomic E-state index is 0.0739. The van der Waals surface area contributed by atoms with Crippen LogP contribution in [0.1, 0.15) is 29.6 Å². The normalized spacial score (nSPS) is 19.4. The number of rotatable bonds is 5. The van der Waals surface area contributed by atoms with E-state index in [0.29, 0.717) is 13.1 Å². The molecule has 1 fully saturated rings. The average Bonchev–Trinajstić information content (AvgIpc) is 2.43. The highest BCUT2D eigenvalue weighted by Gasteiger charge is 2.17. The maximum Gasteiger partial charge on any atom is 0.255 e. The van der Waals surface area contributed by atoms with Crippen molar-refractivity contribution in [2.75, 3.05) is 26.2 Å². The van der Waals surface area contributed by atoms with E-state index in [2.05, 4.69) is 10.2 Å². The Morgan fingerprint density at radius 3 is 3.00 bits per heavy atom. The summed E-state index contributed by atoms with van der Waals surface area (Å²) in [6, 6.07) is 3.33. The molecule has 1 amide bonds. The van der Waals surface area contributed by atoms with Crippen LogP contribution in [0, 0.1) is 5.82 Å². The molecule has 1 aromatic carbocycles. The van der Waals surface area contributed by atoms with Crippen LogP contribution in [0.3, 0.4) is 0 Å². The van der Waals surface area contributed by atoms with Crippen molar-refractivity contribution in [1.29, 1.82) is 0 Å². The van der Waals surface area contributed by atoms with Crippen molar-refractivity contribution in [2.45, 2.75) is 25.4 Å². The first-order chi connectivity index (χ1) is 10.1. The molecule has 21 heavy (non-hydrogen) atoms. The molecule has 6 heteroatoms. The zero-order valence-electron chi connectivity index (χ0n) is 11.9. The zero-order valence-corrected chi connectivity index (χ0v) is 11.9. The summed E-state index contributed by atoms with van der Waals surface area (Å²) in [5, 5.41) is 21.8. The molecule has 1 unspecified atom stereocenters. The van der Waals surface area contributed by atoms with Gasteiger partial charge in [0.15, 0.2) is 0 Å². The number of β-amino-alcohol motifs (C(OH)–C–C–N with tert-alkyl or cyclic N) is 1. The molecule has 1 heterocycles. The number of carbonyl (C=O) groups excluding carboxylic acids is 1. The number of nitrogens with zero attached hydrogens (tertiary/aromatic N) is 1. The van der Waals surface area contributed by atoms with Gasteiger partial charge in [0.05, 0.1) is 11.7 Å². The van der Waals surface area contributed by atoms with Crippen LogP contribution in [0.15, 0.2) is 18.2 Å². The van der Waals surface area contributed by atoms with E-state index in [1.54, 1.807) is 0 Å². The number of amides is 1. The third kappa shape index (κ3) is 4.68. The Morgan fingerprint density at radius 1 is 1.48 bits per heavy atom. The average molecular weight is 296 g/mol. The SMILES string of the molecule is O=C(NCCCN1CCCC(O)C1)c1ccc(F)cc1O. The van der Waals surface area contributed by atoms with Gasteiger partial charge in [0, 0.05) is 19.2 Å². The van der Waals surface area contributed by atoms with Gasteiger partial charge in [-0.1, -0.05) is 0 Å². The number of aromatic hydroxyl groups is 1. The first-order valence-electron chi connectivity index (χ1n) is 7.23. The third-order valence-electron chi connectivity index (χ3n) is 3.62. The molecule has 0 aliphatic carbocycles. The van der Waals surface area contributed by atoms with Crippen molar-refractivity contribution < 1.29 is 19.4 Å². The van der Waals surface area contributed by atoms with E-state index >= 15 is 0 Å². The number of piperidine rings is 1. The standard InChI is InChI=1S/C15H21FN2O3/c16-11-4-5-13(14(20)9-11)15(21)17-6-2-8-18-7-1-3-12(19)10-18/h4-5,9,12,19-20H,1-3,6-8,10H2,(H,17,21). The van der Waals surface area contributed by atoms with Crippen molar-refractivity contribution in [3.63, 3.8) is 0 Å². The molecule has 1 aromatic rings. The van der Waals surface area contributed by atoms with Gasteiger partial charge in [-0.2, -0.15) is 0 Å². The van der Waals surface area contributed by atoms with E-state index < -0.39 is 11.7 Å². The van der Waals surface area contributed by atoms with Crippen LogP contribution in [-0.2, 0) is 0 Å². The summed E-state index contributed by atoms with van der Waals surface area (Å²) in [6.07, 6.45) is 2.37. The molecular formula is C15H21FN2O3. The number of nitrogens with one attached hydrogen (secondary N) is 1. The van der Waals surface area contributed by atoms with Crippen LogP contribution < -0.4 is 5.32 Å². The van der Waals surface area contributed by atoms with E-state index in [0.717, 1.165) is 44.5 Å². The van der Waals surface area contributed by atoms with Crippen LogP contribution in [0.25, 0.3) is 0 Å². The van der Waals surface area contributed by atoms with E-state index in [4.69, 9.17) is 0 Å². The topological polar surface area (TPSA) is 72.8 Å².